The fourth-order valence-electron chi connectivity index (χ4n) is 3.13. The van der Waals surface area contributed by atoms with Gasteiger partial charge in [-0.15, -0.1) is 0 Å². The molecular formula is C15H27N3. The van der Waals surface area contributed by atoms with Crippen LogP contribution in [-0.4, -0.2) is 15.6 Å². The molecule has 3 nitrogen and oxygen atoms in total. The van der Waals surface area contributed by atoms with Crippen molar-refractivity contribution in [1.82, 2.24) is 14.9 Å². The van der Waals surface area contributed by atoms with Gasteiger partial charge in [-0.1, -0.05) is 20.3 Å². The molecule has 0 aliphatic carbocycles. The molecule has 1 aliphatic rings. The van der Waals surface area contributed by atoms with Gasteiger partial charge in [0.05, 0.1) is 12.0 Å². The summed E-state index contributed by atoms with van der Waals surface area (Å²) in [4.78, 5) is 4.40. The van der Waals surface area contributed by atoms with Gasteiger partial charge in [0, 0.05) is 24.3 Å². The monoisotopic (exact) mass is 249 g/mol. The van der Waals surface area contributed by atoms with Crippen LogP contribution in [0.25, 0.3) is 0 Å². The van der Waals surface area contributed by atoms with Gasteiger partial charge in [-0.25, -0.2) is 4.98 Å². The molecule has 1 fully saturated rings. The molecule has 0 saturated carbocycles. The summed E-state index contributed by atoms with van der Waals surface area (Å²) in [5.74, 6) is 0. The Hall–Kier alpha value is -0.830. The summed E-state index contributed by atoms with van der Waals surface area (Å²) in [6, 6.07) is 1.76. The van der Waals surface area contributed by atoms with Crippen molar-refractivity contribution in [3.8, 4) is 0 Å². The van der Waals surface area contributed by atoms with Crippen molar-refractivity contribution < 1.29 is 0 Å². The first-order valence-electron chi connectivity index (χ1n) is 7.54. The van der Waals surface area contributed by atoms with Gasteiger partial charge in [0.1, 0.15) is 0 Å². The molecule has 1 saturated heterocycles. The lowest BCUT2D eigenvalue weighted by molar-refractivity contribution is 0.317. The van der Waals surface area contributed by atoms with Crippen LogP contribution < -0.4 is 5.32 Å². The van der Waals surface area contributed by atoms with E-state index in [1.54, 1.807) is 0 Å². The summed E-state index contributed by atoms with van der Waals surface area (Å²) >= 11 is 0. The molecule has 2 heterocycles. The zero-order valence-corrected chi connectivity index (χ0v) is 12.0. The largest absolute Gasteiger partial charge is 0.330 e. The molecule has 2 rings (SSSR count). The third-order valence-corrected chi connectivity index (χ3v) is 4.16. The Kier molecular flexibility index (Phi) is 4.81. The van der Waals surface area contributed by atoms with Crippen molar-refractivity contribution >= 4 is 0 Å². The van der Waals surface area contributed by atoms with E-state index in [0.29, 0.717) is 18.1 Å². The van der Waals surface area contributed by atoms with Crippen LogP contribution in [0, 0.1) is 0 Å². The first-order chi connectivity index (χ1) is 8.76. The number of nitrogens with zero attached hydrogens (tertiary/aromatic N) is 2. The van der Waals surface area contributed by atoms with Gasteiger partial charge in [-0.3, -0.25) is 0 Å². The highest BCUT2D eigenvalue weighted by atomic mass is 15.1. The van der Waals surface area contributed by atoms with Crippen LogP contribution in [0.1, 0.15) is 77.1 Å². The highest BCUT2D eigenvalue weighted by molar-refractivity contribution is 5.08. The van der Waals surface area contributed by atoms with Crippen molar-refractivity contribution in [2.45, 2.75) is 77.4 Å². The van der Waals surface area contributed by atoms with Crippen molar-refractivity contribution in [3.05, 3.63) is 18.2 Å². The summed E-state index contributed by atoms with van der Waals surface area (Å²) < 4.78 is 2.42. The van der Waals surface area contributed by atoms with Crippen LogP contribution in [0.2, 0.25) is 0 Å². The number of hydrogen-bond donors (Lipinski definition) is 1. The number of nitrogens with one attached hydrogen (secondary N) is 1. The van der Waals surface area contributed by atoms with E-state index in [4.69, 9.17) is 0 Å². The van der Waals surface area contributed by atoms with Gasteiger partial charge in [0.15, 0.2) is 0 Å². The molecule has 0 spiro atoms. The van der Waals surface area contributed by atoms with Crippen molar-refractivity contribution in [3.63, 3.8) is 0 Å². The Morgan fingerprint density at radius 2 is 2.28 bits per heavy atom. The Bertz CT molecular complexity index is 358. The van der Waals surface area contributed by atoms with Gasteiger partial charge >= 0.3 is 0 Å². The lowest BCUT2D eigenvalue weighted by Crippen LogP contribution is -2.36. The maximum absolute atomic E-state index is 4.40. The first-order valence-corrected chi connectivity index (χ1v) is 7.54. The molecule has 0 aromatic carbocycles. The third-order valence-electron chi connectivity index (χ3n) is 4.16. The number of hydrogen-bond acceptors (Lipinski definition) is 2. The predicted molar refractivity (Wildman–Crippen MR) is 75.7 cm³/mol. The second kappa shape index (κ2) is 6.37. The van der Waals surface area contributed by atoms with Crippen molar-refractivity contribution in [2.24, 2.45) is 0 Å². The topological polar surface area (TPSA) is 29.9 Å². The summed E-state index contributed by atoms with van der Waals surface area (Å²) in [6.45, 7) is 6.83. The molecule has 1 N–H and O–H groups in total. The van der Waals surface area contributed by atoms with E-state index < -0.39 is 0 Å². The standard InChI is InChI=1S/C15H27N3/c1-4-7-13(5-2)18-11-16-10-15(18)14-9-6-8-12(3)17-14/h10-14,17H,4-9H2,1-3H3. The summed E-state index contributed by atoms with van der Waals surface area (Å²) in [7, 11) is 0. The van der Waals surface area contributed by atoms with E-state index in [1.165, 1.54) is 44.2 Å². The maximum Gasteiger partial charge on any atom is 0.0951 e. The van der Waals surface area contributed by atoms with E-state index in [2.05, 4.69) is 41.8 Å². The highest BCUT2D eigenvalue weighted by Gasteiger charge is 2.23. The van der Waals surface area contributed by atoms with Gasteiger partial charge in [0.25, 0.3) is 0 Å². The molecule has 0 amide bonds. The van der Waals surface area contributed by atoms with E-state index >= 15 is 0 Å². The van der Waals surface area contributed by atoms with Gasteiger partial charge < -0.3 is 9.88 Å². The molecule has 102 valence electrons. The number of rotatable bonds is 5. The quantitative estimate of drug-likeness (QED) is 0.859. The Morgan fingerprint density at radius 3 is 2.94 bits per heavy atom. The molecule has 1 aliphatic heterocycles. The second-order valence-corrected chi connectivity index (χ2v) is 5.63. The van der Waals surface area contributed by atoms with Crippen molar-refractivity contribution in [1.29, 1.82) is 0 Å². The van der Waals surface area contributed by atoms with Gasteiger partial charge in [-0.2, -0.15) is 0 Å². The van der Waals surface area contributed by atoms with Crippen LogP contribution in [-0.2, 0) is 0 Å². The minimum Gasteiger partial charge on any atom is -0.330 e. The molecule has 1 aromatic rings. The minimum absolute atomic E-state index is 0.502. The van der Waals surface area contributed by atoms with E-state index in [1.807, 2.05) is 6.33 Å². The number of piperidine rings is 1. The molecule has 3 unspecified atom stereocenters. The summed E-state index contributed by atoms with van der Waals surface area (Å²) in [5, 5.41) is 3.72. The van der Waals surface area contributed by atoms with Crippen LogP contribution in [0.15, 0.2) is 12.5 Å². The minimum atomic E-state index is 0.502. The molecule has 0 bridgehead atoms. The first kappa shape index (κ1) is 13.6. The smallest absolute Gasteiger partial charge is 0.0951 e. The van der Waals surface area contributed by atoms with Crippen LogP contribution in [0.5, 0.6) is 0 Å². The normalized spacial score (nSPS) is 26.2. The molecule has 1 aromatic heterocycles. The zero-order valence-electron chi connectivity index (χ0n) is 12.0. The molecule has 3 atom stereocenters. The van der Waals surface area contributed by atoms with Crippen LogP contribution in [0.4, 0.5) is 0 Å². The summed E-state index contributed by atoms with van der Waals surface area (Å²) in [6.07, 6.45) is 11.7. The number of aromatic nitrogens is 2. The Labute approximate surface area is 111 Å². The highest BCUT2D eigenvalue weighted by Crippen LogP contribution is 2.29. The fourth-order valence-corrected chi connectivity index (χ4v) is 3.13. The average molecular weight is 249 g/mol. The predicted octanol–water partition coefficient (Wildman–Crippen LogP) is 3.84. The molecule has 3 heteroatoms. The molecular weight excluding hydrogens is 222 g/mol. The number of imidazole rings is 1. The fraction of sp³-hybridized carbons (Fsp3) is 0.800. The Morgan fingerprint density at radius 1 is 1.44 bits per heavy atom. The van der Waals surface area contributed by atoms with E-state index in [0.717, 1.165) is 0 Å². The lowest BCUT2D eigenvalue weighted by atomic mass is 9.97. The zero-order chi connectivity index (χ0) is 13.0. The van der Waals surface area contributed by atoms with Crippen LogP contribution in [0.3, 0.4) is 0 Å². The third kappa shape index (κ3) is 2.94. The molecule has 18 heavy (non-hydrogen) atoms. The van der Waals surface area contributed by atoms with Gasteiger partial charge in [0.2, 0.25) is 0 Å². The molecule has 0 radical (unpaired) electrons. The summed E-state index contributed by atoms with van der Waals surface area (Å²) in [5.41, 5.74) is 1.39. The van der Waals surface area contributed by atoms with E-state index in [9.17, 15) is 0 Å². The lowest BCUT2D eigenvalue weighted by Gasteiger charge is -2.31. The average Bonchev–Trinajstić information content (AvgIpc) is 2.85. The van der Waals surface area contributed by atoms with E-state index in [-0.39, 0.29) is 0 Å². The van der Waals surface area contributed by atoms with Gasteiger partial charge in [-0.05, 0) is 39.0 Å². The Balaban J connectivity index is 2.15. The van der Waals surface area contributed by atoms with Crippen LogP contribution >= 0.6 is 0 Å². The van der Waals surface area contributed by atoms with Crippen molar-refractivity contribution in [2.75, 3.05) is 0 Å². The second-order valence-electron chi connectivity index (χ2n) is 5.63. The maximum atomic E-state index is 4.40. The SMILES string of the molecule is CCCC(CC)n1cncc1C1CCCC(C)N1.